The summed E-state index contributed by atoms with van der Waals surface area (Å²) >= 11 is 0. The summed E-state index contributed by atoms with van der Waals surface area (Å²) in [4.78, 5) is 28.5. The van der Waals surface area contributed by atoms with Gasteiger partial charge in [-0.2, -0.15) is 0 Å². The molecule has 160 valence electrons. The van der Waals surface area contributed by atoms with E-state index in [9.17, 15) is 19.8 Å². The van der Waals surface area contributed by atoms with Crippen molar-refractivity contribution in [2.75, 3.05) is 26.2 Å². The van der Waals surface area contributed by atoms with E-state index < -0.39 is 33.6 Å². The van der Waals surface area contributed by atoms with Crippen molar-refractivity contribution >= 4 is 11.8 Å². The number of nitrogens with zero attached hydrogens (tertiary/aromatic N) is 2. The number of carbonyl (C=O) groups excluding carboxylic acids is 2. The van der Waals surface area contributed by atoms with Gasteiger partial charge in [0.15, 0.2) is 0 Å². The second kappa shape index (κ2) is 5.68. The molecule has 28 heavy (non-hydrogen) atoms. The Morgan fingerprint density at radius 2 is 1.00 bits per heavy atom. The van der Waals surface area contributed by atoms with Gasteiger partial charge >= 0.3 is 0 Å². The number of rotatable bonds is 0. The van der Waals surface area contributed by atoms with Crippen LogP contribution >= 0.6 is 0 Å². The first-order valence-corrected chi connectivity index (χ1v) is 9.80. The summed E-state index contributed by atoms with van der Waals surface area (Å²) in [6.07, 6.45) is 0. The monoisotopic (exact) mass is 398 g/mol. The SMILES string of the molecule is CC(C)(C)C(=O)N1C[C@@]2(O)O[C@@]3(C)CN(C(=O)C(C)(C)C)C[C@@]3(O)O[C@@]2(C)C1. The third-order valence-corrected chi connectivity index (χ3v) is 6.09. The van der Waals surface area contributed by atoms with Crippen LogP contribution in [0.1, 0.15) is 55.4 Å². The Morgan fingerprint density at radius 3 is 1.25 bits per heavy atom. The van der Waals surface area contributed by atoms with Crippen molar-refractivity contribution in [3.63, 3.8) is 0 Å². The Kier molecular flexibility index (Phi) is 4.36. The van der Waals surface area contributed by atoms with Gasteiger partial charge in [-0.25, -0.2) is 0 Å². The van der Waals surface area contributed by atoms with Gasteiger partial charge in [0, 0.05) is 10.8 Å². The lowest BCUT2D eigenvalue weighted by molar-refractivity contribution is -0.454. The van der Waals surface area contributed by atoms with E-state index in [1.807, 2.05) is 41.5 Å². The molecule has 0 aromatic heterocycles. The highest BCUT2D eigenvalue weighted by Gasteiger charge is 2.73. The Morgan fingerprint density at radius 1 is 0.714 bits per heavy atom. The molecule has 4 atom stereocenters. The van der Waals surface area contributed by atoms with Crippen molar-refractivity contribution in [2.45, 2.75) is 78.2 Å². The van der Waals surface area contributed by atoms with Gasteiger partial charge in [-0.3, -0.25) is 9.59 Å². The molecular weight excluding hydrogens is 364 g/mol. The average Bonchev–Trinajstić information content (AvgIpc) is 2.87. The standard InChI is InChI=1S/C20H34N2O6/c1-15(2,3)13(23)21-9-17(7)19(25,11-21)28-18(8)10-22(12-20(18,26)27-17)14(24)16(4,5)6/h25-26H,9-12H2,1-8H3/t17-,18-,19+,20+/m0/s1. The molecule has 3 aliphatic heterocycles. The predicted molar refractivity (Wildman–Crippen MR) is 101 cm³/mol. The highest BCUT2D eigenvalue weighted by atomic mass is 16.8. The van der Waals surface area contributed by atoms with Gasteiger partial charge in [0.2, 0.25) is 23.4 Å². The molecule has 3 fully saturated rings. The molecule has 0 aromatic carbocycles. The zero-order chi connectivity index (χ0) is 21.6. The number of carbonyl (C=O) groups is 2. The van der Waals surface area contributed by atoms with E-state index in [0.29, 0.717) is 0 Å². The number of β-amino-alcohol motifs (C(OH)–C–C–N with tert-alkyl or cyclic N) is 2. The molecule has 2 N–H and O–H groups in total. The maximum absolute atomic E-state index is 12.7. The summed E-state index contributed by atoms with van der Waals surface area (Å²) in [5.41, 5.74) is -3.87. The molecule has 0 spiro atoms. The highest BCUT2D eigenvalue weighted by molar-refractivity contribution is 5.82. The fraction of sp³-hybridized carbons (Fsp3) is 0.900. The van der Waals surface area contributed by atoms with E-state index in [0.717, 1.165) is 0 Å². The van der Waals surface area contributed by atoms with Crippen molar-refractivity contribution in [2.24, 2.45) is 10.8 Å². The molecule has 0 aliphatic carbocycles. The quantitative estimate of drug-likeness (QED) is 0.623. The van der Waals surface area contributed by atoms with Crippen LogP contribution in [0.4, 0.5) is 0 Å². The molecule has 0 bridgehead atoms. The van der Waals surface area contributed by atoms with Crippen LogP contribution in [0, 0.1) is 10.8 Å². The normalized spacial score (nSPS) is 41.1. The second-order valence-corrected chi connectivity index (χ2v) is 11.1. The summed E-state index contributed by atoms with van der Waals surface area (Å²) in [6, 6.07) is 0. The van der Waals surface area contributed by atoms with Gasteiger partial charge in [0.25, 0.3) is 0 Å². The van der Waals surface area contributed by atoms with E-state index >= 15 is 0 Å². The number of amides is 2. The number of aliphatic hydroxyl groups is 2. The molecule has 0 radical (unpaired) electrons. The molecular formula is C20H34N2O6. The molecule has 2 amide bonds. The second-order valence-electron chi connectivity index (χ2n) is 11.1. The van der Waals surface area contributed by atoms with Gasteiger partial charge in [0.05, 0.1) is 26.2 Å². The van der Waals surface area contributed by atoms with Crippen LogP contribution in [0.5, 0.6) is 0 Å². The van der Waals surface area contributed by atoms with Gasteiger partial charge in [-0.15, -0.1) is 0 Å². The van der Waals surface area contributed by atoms with Crippen LogP contribution in [0.3, 0.4) is 0 Å². The molecule has 0 unspecified atom stereocenters. The van der Waals surface area contributed by atoms with Crippen LogP contribution in [0.25, 0.3) is 0 Å². The van der Waals surface area contributed by atoms with Crippen LogP contribution < -0.4 is 0 Å². The van der Waals surface area contributed by atoms with Gasteiger partial charge in [-0.1, -0.05) is 41.5 Å². The molecule has 3 aliphatic rings. The highest BCUT2D eigenvalue weighted by Crippen LogP contribution is 2.52. The zero-order valence-electron chi connectivity index (χ0n) is 18.3. The van der Waals surface area contributed by atoms with Crippen molar-refractivity contribution in [1.29, 1.82) is 0 Å². The summed E-state index contributed by atoms with van der Waals surface area (Å²) < 4.78 is 12.2. The van der Waals surface area contributed by atoms with Gasteiger partial charge < -0.3 is 29.5 Å². The topological polar surface area (TPSA) is 99.5 Å². The van der Waals surface area contributed by atoms with E-state index in [2.05, 4.69) is 0 Å². The van der Waals surface area contributed by atoms with Crippen molar-refractivity contribution in [3.8, 4) is 0 Å². The smallest absolute Gasteiger partial charge is 0.228 e. The van der Waals surface area contributed by atoms with Gasteiger partial charge in [0.1, 0.15) is 11.2 Å². The van der Waals surface area contributed by atoms with E-state index in [-0.39, 0.29) is 38.0 Å². The average molecular weight is 399 g/mol. The fourth-order valence-electron chi connectivity index (χ4n) is 4.42. The predicted octanol–water partition coefficient (Wildman–Crippen LogP) is 0.704. The fourth-order valence-corrected chi connectivity index (χ4v) is 4.42. The summed E-state index contributed by atoms with van der Waals surface area (Å²) in [7, 11) is 0. The number of likely N-dealkylation sites (tertiary alicyclic amines) is 2. The molecule has 0 aromatic rings. The number of hydrogen-bond donors (Lipinski definition) is 2. The molecule has 8 heteroatoms. The third kappa shape index (κ3) is 2.96. The Hall–Kier alpha value is -1.22. The van der Waals surface area contributed by atoms with Crippen molar-refractivity contribution in [1.82, 2.24) is 9.80 Å². The van der Waals surface area contributed by atoms with Gasteiger partial charge in [-0.05, 0) is 13.8 Å². The summed E-state index contributed by atoms with van der Waals surface area (Å²) in [5.74, 6) is -3.82. The maximum atomic E-state index is 12.7. The Balaban J connectivity index is 1.90. The lowest BCUT2D eigenvalue weighted by Gasteiger charge is -2.54. The number of ether oxygens (including phenoxy) is 2. The van der Waals surface area contributed by atoms with Crippen molar-refractivity contribution in [3.05, 3.63) is 0 Å². The number of hydrogen-bond acceptors (Lipinski definition) is 6. The minimum Gasteiger partial charge on any atom is -0.362 e. The van der Waals surface area contributed by atoms with E-state index in [4.69, 9.17) is 9.47 Å². The first-order chi connectivity index (χ1) is 12.4. The lowest BCUT2D eigenvalue weighted by Crippen LogP contribution is -2.73. The Bertz CT molecular complexity index is 620. The molecule has 3 rings (SSSR count). The summed E-state index contributed by atoms with van der Waals surface area (Å²) in [6.45, 7) is 14.2. The minimum absolute atomic E-state index is 0.0571. The third-order valence-electron chi connectivity index (χ3n) is 6.09. The molecule has 3 heterocycles. The lowest BCUT2D eigenvalue weighted by atomic mass is 9.89. The zero-order valence-corrected chi connectivity index (χ0v) is 18.3. The summed E-state index contributed by atoms with van der Waals surface area (Å²) in [5, 5.41) is 22.6. The first kappa shape index (κ1) is 21.5. The van der Waals surface area contributed by atoms with Crippen LogP contribution in [-0.4, -0.2) is 80.8 Å². The largest absolute Gasteiger partial charge is 0.362 e. The number of fused-ring (bicyclic) bond motifs is 2. The maximum Gasteiger partial charge on any atom is 0.228 e. The first-order valence-electron chi connectivity index (χ1n) is 9.80. The Labute approximate surface area is 166 Å². The van der Waals surface area contributed by atoms with E-state index in [1.165, 1.54) is 9.80 Å². The molecule has 8 nitrogen and oxygen atoms in total. The van der Waals surface area contributed by atoms with Crippen LogP contribution in [-0.2, 0) is 19.1 Å². The molecule has 0 saturated carbocycles. The molecule has 3 saturated heterocycles. The van der Waals surface area contributed by atoms with Crippen molar-refractivity contribution < 1.29 is 29.3 Å². The van der Waals surface area contributed by atoms with Crippen LogP contribution in [0.2, 0.25) is 0 Å². The minimum atomic E-state index is -1.78. The van der Waals surface area contributed by atoms with E-state index in [1.54, 1.807) is 13.8 Å². The van der Waals surface area contributed by atoms with Crippen LogP contribution in [0.15, 0.2) is 0 Å².